The minimum absolute atomic E-state index is 0.0445. The number of hydrogen-bond donors (Lipinski definition) is 1. The molecule has 4 heteroatoms. The quantitative estimate of drug-likeness (QED) is 0.558. The molecule has 4 nitrogen and oxygen atoms in total. The lowest BCUT2D eigenvalue weighted by atomic mass is 9.80. The van der Waals surface area contributed by atoms with Crippen LogP contribution in [0.25, 0.3) is 0 Å². The average molecular weight is 418 g/mol. The van der Waals surface area contributed by atoms with Crippen LogP contribution in [-0.4, -0.2) is 31.1 Å². The smallest absolute Gasteiger partial charge is 0.163 e. The zero-order valence-electron chi connectivity index (χ0n) is 18.2. The summed E-state index contributed by atoms with van der Waals surface area (Å²) in [5.74, 6) is -0.689. The van der Waals surface area contributed by atoms with Gasteiger partial charge in [0.25, 0.3) is 0 Å². The molecule has 0 saturated carbocycles. The van der Waals surface area contributed by atoms with Crippen molar-refractivity contribution in [1.29, 1.82) is 0 Å². The van der Waals surface area contributed by atoms with Crippen molar-refractivity contribution in [3.8, 4) is 0 Å². The van der Waals surface area contributed by atoms with Crippen LogP contribution >= 0.6 is 0 Å². The van der Waals surface area contributed by atoms with Crippen LogP contribution in [0.5, 0.6) is 0 Å². The van der Waals surface area contributed by atoms with Gasteiger partial charge in [0.2, 0.25) is 0 Å². The molecule has 3 aromatic carbocycles. The molecule has 0 radical (unpaired) electrons. The summed E-state index contributed by atoms with van der Waals surface area (Å²) in [5, 5.41) is 0. The van der Waals surface area contributed by atoms with Crippen LogP contribution < -0.4 is 5.73 Å². The molecule has 1 heterocycles. The van der Waals surface area contributed by atoms with E-state index in [9.17, 15) is 0 Å². The van der Waals surface area contributed by atoms with Crippen molar-refractivity contribution in [3.63, 3.8) is 0 Å². The van der Waals surface area contributed by atoms with Gasteiger partial charge in [-0.2, -0.15) is 0 Å². The molecule has 0 bridgehead atoms. The molecule has 4 rings (SSSR count). The summed E-state index contributed by atoms with van der Waals surface area (Å²) in [6.07, 6.45) is 0.540. The zero-order chi connectivity index (χ0) is 21.7. The Hall–Kier alpha value is -2.50. The van der Waals surface area contributed by atoms with Gasteiger partial charge < -0.3 is 19.9 Å². The van der Waals surface area contributed by atoms with Crippen molar-refractivity contribution in [3.05, 3.63) is 108 Å². The molecule has 1 saturated heterocycles. The minimum atomic E-state index is -0.756. The van der Waals surface area contributed by atoms with E-state index in [4.69, 9.17) is 19.9 Å². The van der Waals surface area contributed by atoms with Crippen molar-refractivity contribution >= 4 is 0 Å². The van der Waals surface area contributed by atoms with Crippen molar-refractivity contribution in [1.82, 2.24) is 0 Å². The monoisotopic (exact) mass is 417 g/mol. The lowest BCUT2D eigenvalue weighted by Crippen LogP contribution is -2.49. The number of hydrogen-bond acceptors (Lipinski definition) is 4. The molecule has 0 amide bonds. The Morgan fingerprint density at radius 2 is 1.19 bits per heavy atom. The molecule has 31 heavy (non-hydrogen) atoms. The van der Waals surface area contributed by atoms with Gasteiger partial charge in [-0.15, -0.1) is 0 Å². The summed E-state index contributed by atoms with van der Waals surface area (Å²) in [6, 6.07) is 31.1. The molecule has 0 aliphatic carbocycles. The Balaban J connectivity index is 1.76. The topological polar surface area (TPSA) is 53.7 Å². The van der Waals surface area contributed by atoms with E-state index in [0.29, 0.717) is 19.6 Å². The highest BCUT2D eigenvalue weighted by atomic mass is 16.7. The van der Waals surface area contributed by atoms with Gasteiger partial charge in [-0.05, 0) is 30.5 Å². The molecule has 0 unspecified atom stereocenters. The summed E-state index contributed by atoms with van der Waals surface area (Å²) in [6.45, 7) is 4.74. The largest absolute Gasteiger partial charge is 0.358 e. The number of nitrogens with two attached hydrogens (primary N) is 1. The summed E-state index contributed by atoms with van der Waals surface area (Å²) in [4.78, 5) is 0. The third-order valence-electron chi connectivity index (χ3n) is 5.72. The highest BCUT2D eigenvalue weighted by Crippen LogP contribution is 2.41. The average Bonchev–Trinajstić information content (AvgIpc) is 2.80. The van der Waals surface area contributed by atoms with Crippen LogP contribution in [0.2, 0.25) is 0 Å². The van der Waals surface area contributed by atoms with Crippen molar-refractivity contribution in [2.45, 2.75) is 43.9 Å². The zero-order valence-corrected chi connectivity index (χ0v) is 18.2. The molecule has 3 aromatic rings. The molecule has 0 aromatic heterocycles. The maximum absolute atomic E-state index is 6.89. The van der Waals surface area contributed by atoms with Crippen LogP contribution in [0.15, 0.2) is 91.0 Å². The van der Waals surface area contributed by atoms with Gasteiger partial charge in [0.15, 0.2) is 5.79 Å². The fourth-order valence-corrected chi connectivity index (χ4v) is 4.45. The first-order valence-electron chi connectivity index (χ1n) is 10.9. The first-order valence-corrected chi connectivity index (χ1v) is 10.9. The van der Waals surface area contributed by atoms with Crippen LogP contribution in [0.1, 0.15) is 37.0 Å². The third kappa shape index (κ3) is 4.73. The second kappa shape index (κ2) is 9.33. The minimum Gasteiger partial charge on any atom is -0.358 e. The number of ether oxygens (including phenoxy) is 3. The predicted molar refractivity (Wildman–Crippen MR) is 123 cm³/mol. The van der Waals surface area contributed by atoms with E-state index in [1.807, 2.05) is 32.0 Å². The standard InChI is InChI=1S/C27H31NO3/c1-26(2)30-24(19-28)18-25(31-26)20-29-27(21-12-6-3-7-13-21,22-14-8-4-9-15-22)23-16-10-5-11-17-23/h3-17,24-25H,18-20,28H2,1-2H3/t24-,25+/m1/s1. The third-order valence-corrected chi connectivity index (χ3v) is 5.72. The molecule has 1 fully saturated rings. The molecule has 162 valence electrons. The Kier molecular flexibility index (Phi) is 6.54. The van der Waals surface area contributed by atoms with E-state index in [-0.39, 0.29) is 12.2 Å². The molecule has 1 aliphatic rings. The molecule has 2 atom stereocenters. The van der Waals surface area contributed by atoms with E-state index < -0.39 is 11.4 Å². The van der Waals surface area contributed by atoms with E-state index >= 15 is 0 Å². The first kappa shape index (κ1) is 21.7. The lowest BCUT2D eigenvalue weighted by molar-refractivity contribution is -0.305. The Bertz CT molecular complexity index is 847. The Morgan fingerprint density at radius 1 is 0.774 bits per heavy atom. The number of rotatable bonds is 7. The van der Waals surface area contributed by atoms with E-state index in [2.05, 4.69) is 72.8 Å². The normalized spacial score (nSPS) is 21.0. The number of benzene rings is 3. The van der Waals surface area contributed by atoms with E-state index in [0.717, 1.165) is 16.7 Å². The van der Waals surface area contributed by atoms with Gasteiger partial charge in [-0.1, -0.05) is 91.0 Å². The van der Waals surface area contributed by atoms with Crippen LogP contribution in [-0.2, 0) is 19.8 Å². The first-order chi connectivity index (χ1) is 15.0. The summed E-state index contributed by atoms with van der Waals surface area (Å²) >= 11 is 0. The van der Waals surface area contributed by atoms with E-state index in [1.54, 1.807) is 0 Å². The molecule has 0 spiro atoms. The summed E-state index contributed by atoms with van der Waals surface area (Å²) in [5.41, 5.74) is 8.40. The molecular weight excluding hydrogens is 386 g/mol. The van der Waals surface area contributed by atoms with Crippen LogP contribution in [0.4, 0.5) is 0 Å². The molecule has 2 N–H and O–H groups in total. The van der Waals surface area contributed by atoms with Gasteiger partial charge in [-0.25, -0.2) is 0 Å². The lowest BCUT2D eigenvalue weighted by Gasteiger charge is -2.42. The fraction of sp³-hybridized carbons (Fsp3) is 0.333. The van der Waals surface area contributed by atoms with Crippen molar-refractivity contribution < 1.29 is 14.2 Å². The van der Waals surface area contributed by atoms with Crippen LogP contribution in [0.3, 0.4) is 0 Å². The maximum atomic E-state index is 6.89. The highest BCUT2D eigenvalue weighted by Gasteiger charge is 2.40. The maximum Gasteiger partial charge on any atom is 0.163 e. The second-order valence-corrected chi connectivity index (χ2v) is 8.44. The molecule has 1 aliphatic heterocycles. The van der Waals surface area contributed by atoms with Gasteiger partial charge in [0.1, 0.15) is 5.60 Å². The summed E-state index contributed by atoms with van der Waals surface area (Å²) in [7, 11) is 0. The Morgan fingerprint density at radius 3 is 1.61 bits per heavy atom. The van der Waals surface area contributed by atoms with Crippen molar-refractivity contribution in [2.24, 2.45) is 5.73 Å². The SMILES string of the molecule is CC1(C)O[C@H](COC(c2ccccc2)(c2ccccc2)c2ccccc2)C[C@H](CN)O1. The van der Waals surface area contributed by atoms with Gasteiger partial charge in [0.05, 0.1) is 18.8 Å². The highest BCUT2D eigenvalue weighted by molar-refractivity contribution is 5.47. The Labute approximate surface area is 185 Å². The van der Waals surface area contributed by atoms with Crippen LogP contribution in [0, 0.1) is 0 Å². The van der Waals surface area contributed by atoms with Gasteiger partial charge in [0, 0.05) is 13.0 Å². The van der Waals surface area contributed by atoms with Gasteiger partial charge in [-0.3, -0.25) is 0 Å². The predicted octanol–water partition coefficient (Wildman–Crippen LogP) is 4.86. The molecular formula is C27H31NO3. The second-order valence-electron chi connectivity index (χ2n) is 8.44. The van der Waals surface area contributed by atoms with Gasteiger partial charge >= 0.3 is 0 Å². The van der Waals surface area contributed by atoms with Crippen molar-refractivity contribution in [2.75, 3.05) is 13.2 Å². The summed E-state index contributed by atoms with van der Waals surface area (Å²) < 4.78 is 19.0. The fourth-order valence-electron chi connectivity index (χ4n) is 4.45. The van der Waals surface area contributed by atoms with E-state index in [1.165, 1.54) is 0 Å².